The van der Waals surface area contributed by atoms with Crippen LogP contribution in [0.15, 0.2) is 51.2 Å². The van der Waals surface area contributed by atoms with Gasteiger partial charge in [-0.2, -0.15) is 0 Å². The third kappa shape index (κ3) is 3.62. The van der Waals surface area contributed by atoms with Crippen molar-refractivity contribution in [1.82, 2.24) is 5.32 Å². The molecule has 124 valence electrons. The van der Waals surface area contributed by atoms with Crippen LogP contribution in [0.5, 0.6) is 0 Å². The summed E-state index contributed by atoms with van der Waals surface area (Å²) in [5.74, 6) is -0.486. The van der Waals surface area contributed by atoms with Crippen LogP contribution in [0.1, 0.15) is 35.7 Å². The lowest BCUT2D eigenvalue weighted by atomic mass is 10.2. The van der Waals surface area contributed by atoms with Crippen molar-refractivity contribution >= 4 is 40.1 Å². The topological polar surface area (TPSA) is 41.5 Å². The summed E-state index contributed by atoms with van der Waals surface area (Å²) in [4.78, 5) is 18.3. The van der Waals surface area contributed by atoms with E-state index in [1.54, 1.807) is 18.2 Å². The highest BCUT2D eigenvalue weighted by atomic mass is 35.5. The van der Waals surface area contributed by atoms with Gasteiger partial charge < -0.3 is 5.32 Å². The zero-order chi connectivity index (χ0) is 17.1. The summed E-state index contributed by atoms with van der Waals surface area (Å²) < 4.78 is 13.5. The van der Waals surface area contributed by atoms with Crippen LogP contribution < -0.4 is 5.32 Å². The van der Waals surface area contributed by atoms with E-state index in [1.165, 1.54) is 23.9 Å². The van der Waals surface area contributed by atoms with Gasteiger partial charge in [-0.3, -0.25) is 4.79 Å². The molecule has 1 heterocycles. The zero-order valence-electron chi connectivity index (χ0n) is 13.1. The Morgan fingerprint density at radius 2 is 2.04 bits per heavy atom. The van der Waals surface area contributed by atoms with E-state index in [9.17, 15) is 9.18 Å². The van der Waals surface area contributed by atoms with Crippen molar-refractivity contribution in [2.45, 2.75) is 29.6 Å². The summed E-state index contributed by atoms with van der Waals surface area (Å²) in [5, 5.41) is 3.10. The second-order valence-electron chi connectivity index (χ2n) is 5.44. The van der Waals surface area contributed by atoms with Crippen LogP contribution in [-0.2, 0) is 0 Å². The first kappa shape index (κ1) is 17.0. The molecule has 0 saturated carbocycles. The summed E-state index contributed by atoms with van der Waals surface area (Å²) in [6, 6.07) is 9.79. The molecule has 0 bridgehead atoms. The van der Waals surface area contributed by atoms with E-state index in [0.29, 0.717) is 23.4 Å². The fourth-order valence-electron chi connectivity index (χ4n) is 2.35. The lowest BCUT2D eigenvalue weighted by Gasteiger charge is -2.08. The molecular weight excluding hydrogens is 347 g/mol. The van der Waals surface area contributed by atoms with Crippen molar-refractivity contribution in [3.63, 3.8) is 0 Å². The van der Waals surface area contributed by atoms with Gasteiger partial charge in [0.05, 0.1) is 5.69 Å². The molecule has 0 radical (unpaired) electrons. The van der Waals surface area contributed by atoms with Crippen molar-refractivity contribution in [3.8, 4) is 0 Å². The van der Waals surface area contributed by atoms with Gasteiger partial charge >= 0.3 is 0 Å². The number of halogens is 2. The number of hydrogen-bond acceptors (Lipinski definition) is 3. The van der Waals surface area contributed by atoms with Crippen molar-refractivity contribution < 1.29 is 9.18 Å². The molecule has 3 rings (SSSR count). The average molecular weight is 363 g/mol. The second kappa shape index (κ2) is 7.36. The van der Waals surface area contributed by atoms with Crippen LogP contribution in [0.2, 0.25) is 0 Å². The Balaban J connectivity index is 1.92. The molecule has 24 heavy (non-hydrogen) atoms. The lowest BCUT2D eigenvalue weighted by molar-refractivity contribution is 0.0953. The molecule has 0 fully saturated rings. The summed E-state index contributed by atoms with van der Waals surface area (Å²) in [6.45, 7) is 2.72. The highest BCUT2D eigenvalue weighted by molar-refractivity contribution is 7.99. The molecule has 1 aliphatic rings. The number of rotatable bonds is 4. The number of unbranched alkanes of at least 4 members (excludes halogenated alkanes) is 1. The third-order valence-electron chi connectivity index (χ3n) is 3.64. The lowest BCUT2D eigenvalue weighted by Crippen LogP contribution is -2.24. The molecule has 3 nitrogen and oxygen atoms in total. The van der Waals surface area contributed by atoms with E-state index in [-0.39, 0.29) is 16.9 Å². The molecule has 2 aromatic rings. The van der Waals surface area contributed by atoms with Gasteiger partial charge in [-0.05, 0) is 42.8 Å². The second-order valence-corrected chi connectivity index (χ2v) is 6.88. The van der Waals surface area contributed by atoms with E-state index in [0.717, 1.165) is 22.6 Å². The standard InChI is InChI=1S/C18H16ClFN2OS/c1-2-3-8-21-18(23)11-4-6-16-14(9-11)22-17(19)13-10-12(20)5-7-15(13)24-16/h4-7,9-10H,2-3,8H2,1H3,(H,21,23). The summed E-state index contributed by atoms with van der Waals surface area (Å²) in [5.41, 5.74) is 1.72. The highest BCUT2D eigenvalue weighted by Gasteiger charge is 2.18. The first-order chi connectivity index (χ1) is 11.6. The normalized spacial score (nSPS) is 12.7. The van der Waals surface area contributed by atoms with Crippen LogP contribution >= 0.6 is 23.4 Å². The Hall–Kier alpha value is -1.85. The van der Waals surface area contributed by atoms with Crippen molar-refractivity contribution in [2.24, 2.45) is 4.99 Å². The monoisotopic (exact) mass is 362 g/mol. The predicted molar refractivity (Wildman–Crippen MR) is 96.3 cm³/mol. The molecule has 1 aliphatic heterocycles. The van der Waals surface area contributed by atoms with Crippen molar-refractivity contribution in [2.75, 3.05) is 6.54 Å². The minimum absolute atomic E-state index is 0.129. The molecule has 1 amide bonds. The fraction of sp³-hybridized carbons (Fsp3) is 0.222. The zero-order valence-corrected chi connectivity index (χ0v) is 14.7. The van der Waals surface area contributed by atoms with Crippen LogP contribution in [0.4, 0.5) is 10.1 Å². The number of amides is 1. The van der Waals surface area contributed by atoms with Gasteiger partial charge in [-0.15, -0.1) is 0 Å². The number of carbonyl (C=O) groups is 1. The van der Waals surface area contributed by atoms with E-state index < -0.39 is 0 Å². The third-order valence-corrected chi connectivity index (χ3v) is 5.07. The molecule has 0 atom stereocenters. The maximum absolute atomic E-state index is 13.5. The SMILES string of the molecule is CCCCNC(=O)c1ccc2c(c1)N=C(Cl)c1cc(F)ccc1S2. The molecular formula is C18H16ClFN2OS. The number of fused-ring (bicyclic) bond motifs is 2. The van der Waals surface area contributed by atoms with Crippen molar-refractivity contribution in [3.05, 3.63) is 53.3 Å². The van der Waals surface area contributed by atoms with Crippen LogP contribution in [0.3, 0.4) is 0 Å². The number of carbonyl (C=O) groups excluding carboxylic acids is 1. The summed E-state index contributed by atoms with van der Waals surface area (Å²) >= 11 is 7.72. The van der Waals surface area contributed by atoms with E-state index >= 15 is 0 Å². The van der Waals surface area contributed by atoms with E-state index in [4.69, 9.17) is 11.6 Å². The van der Waals surface area contributed by atoms with Crippen LogP contribution in [0, 0.1) is 5.82 Å². The van der Waals surface area contributed by atoms with E-state index in [2.05, 4.69) is 17.2 Å². The van der Waals surface area contributed by atoms with Gasteiger partial charge in [0.15, 0.2) is 0 Å². The molecule has 0 aliphatic carbocycles. The summed E-state index contributed by atoms with van der Waals surface area (Å²) in [6.07, 6.45) is 1.97. The van der Waals surface area contributed by atoms with Gasteiger partial charge in [0.25, 0.3) is 5.91 Å². The first-order valence-electron chi connectivity index (χ1n) is 7.72. The van der Waals surface area contributed by atoms with Gasteiger partial charge in [0, 0.05) is 27.5 Å². The minimum atomic E-state index is -0.357. The van der Waals surface area contributed by atoms with Gasteiger partial charge in [-0.1, -0.05) is 36.7 Å². The summed E-state index contributed by atoms with van der Waals surface area (Å²) in [7, 11) is 0. The largest absolute Gasteiger partial charge is 0.352 e. The van der Waals surface area contributed by atoms with Crippen molar-refractivity contribution in [1.29, 1.82) is 0 Å². The first-order valence-corrected chi connectivity index (χ1v) is 8.92. The average Bonchev–Trinajstić information content (AvgIpc) is 2.70. The molecule has 0 unspecified atom stereocenters. The van der Waals surface area contributed by atoms with Crippen LogP contribution in [0.25, 0.3) is 0 Å². The minimum Gasteiger partial charge on any atom is -0.352 e. The number of nitrogens with one attached hydrogen (secondary N) is 1. The fourth-order valence-corrected chi connectivity index (χ4v) is 3.64. The smallest absolute Gasteiger partial charge is 0.251 e. The van der Waals surface area contributed by atoms with Gasteiger partial charge in [0.2, 0.25) is 0 Å². The number of nitrogens with zero attached hydrogens (tertiary/aromatic N) is 1. The molecule has 0 spiro atoms. The van der Waals surface area contributed by atoms with Gasteiger partial charge in [0.1, 0.15) is 11.0 Å². The predicted octanol–water partition coefficient (Wildman–Crippen LogP) is 5.14. The molecule has 0 saturated heterocycles. The Morgan fingerprint density at radius 1 is 1.25 bits per heavy atom. The Bertz CT molecular complexity index is 823. The number of benzene rings is 2. The van der Waals surface area contributed by atoms with Crippen LogP contribution in [-0.4, -0.2) is 17.6 Å². The van der Waals surface area contributed by atoms with E-state index in [1.807, 2.05) is 6.07 Å². The number of hydrogen-bond donors (Lipinski definition) is 1. The molecule has 0 aromatic heterocycles. The molecule has 1 N–H and O–H groups in total. The Labute approximate surface area is 149 Å². The molecule has 2 aromatic carbocycles. The van der Waals surface area contributed by atoms with Gasteiger partial charge in [-0.25, -0.2) is 9.38 Å². The number of aliphatic imine (C=N–C) groups is 1. The maximum atomic E-state index is 13.5. The Morgan fingerprint density at radius 3 is 2.83 bits per heavy atom. The molecule has 6 heteroatoms. The maximum Gasteiger partial charge on any atom is 0.251 e. The highest BCUT2D eigenvalue weighted by Crippen LogP contribution is 2.41. The quantitative estimate of drug-likeness (QED) is 0.765. The Kier molecular flexibility index (Phi) is 5.21.